The smallest absolute Gasteiger partial charge is 0.409 e. The number of aromatic amines is 1. The lowest BCUT2D eigenvalue weighted by molar-refractivity contribution is -0.139. The number of rotatable bonds is 6. The molecule has 0 aliphatic carbocycles. The van der Waals surface area contributed by atoms with Crippen molar-refractivity contribution in [1.29, 1.82) is 0 Å². The normalized spacial score (nSPS) is 16.4. The van der Waals surface area contributed by atoms with Crippen LogP contribution in [-0.4, -0.2) is 81.8 Å². The van der Waals surface area contributed by atoms with E-state index in [0.29, 0.717) is 33.3 Å². The number of piperazine rings is 1. The van der Waals surface area contributed by atoms with Gasteiger partial charge in [0.1, 0.15) is 24.1 Å². The van der Waals surface area contributed by atoms with Crippen molar-refractivity contribution in [1.82, 2.24) is 30.2 Å². The number of pyridine rings is 1. The van der Waals surface area contributed by atoms with Crippen LogP contribution in [0.3, 0.4) is 0 Å². The summed E-state index contributed by atoms with van der Waals surface area (Å²) in [5, 5.41) is 3.02. The van der Waals surface area contributed by atoms with Gasteiger partial charge in [-0.25, -0.2) is 19.7 Å². The second-order valence-corrected chi connectivity index (χ2v) is 9.39. The van der Waals surface area contributed by atoms with Gasteiger partial charge in [-0.15, -0.1) is 0 Å². The van der Waals surface area contributed by atoms with Gasteiger partial charge in [-0.3, -0.25) is 4.79 Å². The minimum Gasteiger partial charge on any atom is -0.449 e. The first kappa shape index (κ1) is 26.5. The molecular weight excluding hydrogens is 515 g/mol. The van der Waals surface area contributed by atoms with Crippen LogP contribution >= 0.6 is 11.6 Å². The van der Waals surface area contributed by atoms with E-state index in [2.05, 4.69) is 19.9 Å². The Morgan fingerprint density at radius 3 is 2.81 bits per heavy atom. The number of aromatic nitrogens is 4. The van der Waals surface area contributed by atoms with Crippen molar-refractivity contribution >= 4 is 40.5 Å². The molecule has 1 aliphatic rings. The van der Waals surface area contributed by atoms with Gasteiger partial charge in [-0.05, 0) is 18.1 Å². The lowest BCUT2D eigenvalue weighted by Crippen LogP contribution is -2.61. The van der Waals surface area contributed by atoms with Crippen molar-refractivity contribution in [3.8, 4) is 11.4 Å². The van der Waals surface area contributed by atoms with Crippen LogP contribution in [0.5, 0.6) is 0 Å². The van der Waals surface area contributed by atoms with E-state index in [9.17, 15) is 22.8 Å². The zero-order chi connectivity index (χ0) is 26.7. The quantitative estimate of drug-likeness (QED) is 0.491. The Morgan fingerprint density at radius 1 is 1.30 bits per heavy atom. The summed E-state index contributed by atoms with van der Waals surface area (Å²) >= 11 is 6.09. The number of anilines is 1. The molecule has 3 aromatic heterocycles. The Hall–Kier alpha value is -3.61. The lowest BCUT2D eigenvalue weighted by atomic mass is 10.1. The fraction of sp³-hybridized carbons (Fsp3) is 0.435. The standard InChI is InChI=1S/C23H25ClF3N7O3/c1-13(2)11-37-22(36)33-5-6-34(17(10-33)21(35)31-12-23(25,26)27)18-3-4-28-20(32-18)16-9-30-19-15(16)7-14(24)8-29-19/h3-4,7-9,13,17H,5-6,10-12H2,1-2H3,(H,29,30)(H,31,35)/t17-/m0/s1. The Bertz CT molecular complexity index is 1280. The largest absolute Gasteiger partial charge is 0.449 e. The third-order valence-electron chi connectivity index (χ3n) is 5.62. The van der Waals surface area contributed by atoms with Crippen LogP contribution in [0.1, 0.15) is 13.8 Å². The van der Waals surface area contributed by atoms with Gasteiger partial charge in [0, 0.05) is 42.6 Å². The number of nitrogens with one attached hydrogen (secondary N) is 2. The van der Waals surface area contributed by atoms with Crippen LogP contribution in [0.15, 0.2) is 30.7 Å². The van der Waals surface area contributed by atoms with E-state index in [0.717, 1.165) is 0 Å². The fourth-order valence-corrected chi connectivity index (χ4v) is 4.04. The Balaban J connectivity index is 1.62. The van der Waals surface area contributed by atoms with Crippen molar-refractivity contribution in [2.24, 2.45) is 5.92 Å². The third kappa shape index (κ3) is 6.40. The molecule has 0 bridgehead atoms. The van der Waals surface area contributed by atoms with Crippen LogP contribution in [0.25, 0.3) is 22.4 Å². The van der Waals surface area contributed by atoms with E-state index in [1.54, 1.807) is 23.2 Å². The summed E-state index contributed by atoms with van der Waals surface area (Å²) in [5.74, 6) is -0.162. The molecular formula is C23H25ClF3N7O3. The number of hydrogen-bond donors (Lipinski definition) is 2. The number of halogens is 4. The molecule has 0 saturated carbocycles. The Labute approximate surface area is 215 Å². The first-order valence-corrected chi connectivity index (χ1v) is 11.9. The molecule has 2 amide bonds. The topological polar surface area (TPSA) is 116 Å². The SMILES string of the molecule is CC(C)COC(=O)N1CCN(c2ccnc(-c3c[nH]c4ncc(Cl)cc34)n2)[C@H](C(=O)NCC(F)(F)F)C1. The lowest BCUT2D eigenvalue weighted by Gasteiger charge is -2.40. The van der Waals surface area contributed by atoms with Gasteiger partial charge < -0.3 is 24.8 Å². The van der Waals surface area contributed by atoms with Crippen molar-refractivity contribution < 1.29 is 27.5 Å². The van der Waals surface area contributed by atoms with E-state index in [1.807, 2.05) is 19.2 Å². The number of amides is 2. The maximum atomic E-state index is 12.9. The van der Waals surface area contributed by atoms with Gasteiger partial charge in [-0.1, -0.05) is 25.4 Å². The summed E-state index contributed by atoms with van der Waals surface area (Å²) < 4.78 is 43.7. The van der Waals surface area contributed by atoms with Crippen LogP contribution < -0.4 is 10.2 Å². The molecule has 198 valence electrons. The molecule has 0 spiro atoms. The van der Waals surface area contributed by atoms with E-state index in [1.165, 1.54) is 17.3 Å². The van der Waals surface area contributed by atoms with Crippen molar-refractivity contribution in [2.75, 3.05) is 37.7 Å². The number of fused-ring (bicyclic) bond motifs is 1. The van der Waals surface area contributed by atoms with Gasteiger partial charge in [0.25, 0.3) is 0 Å². The maximum Gasteiger partial charge on any atom is 0.409 e. The summed E-state index contributed by atoms with van der Waals surface area (Å²) in [7, 11) is 0. The van der Waals surface area contributed by atoms with Crippen molar-refractivity contribution in [3.05, 3.63) is 35.7 Å². The van der Waals surface area contributed by atoms with Crippen LogP contribution in [0.4, 0.5) is 23.8 Å². The van der Waals surface area contributed by atoms with Crippen LogP contribution in [0.2, 0.25) is 5.02 Å². The van der Waals surface area contributed by atoms with Gasteiger partial charge in [-0.2, -0.15) is 13.2 Å². The molecule has 4 rings (SSSR count). The van der Waals surface area contributed by atoms with Crippen molar-refractivity contribution in [2.45, 2.75) is 26.1 Å². The molecule has 1 saturated heterocycles. The molecule has 1 fully saturated rings. The summed E-state index contributed by atoms with van der Waals surface area (Å²) in [6.07, 6.45) is -0.561. The van der Waals surface area contributed by atoms with E-state index in [-0.39, 0.29) is 32.2 Å². The number of nitrogens with zero attached hydrogens (tertiary/aromatic N) is 5. The molecule has 10 nitrogen and oxygen atoms in total. The predicted molar refractivity (Wildman–Crippen MR) is 130 cm³/mol. The third-order valence-corrected chi connectivity index (χ3v) is 5.82. The number of alkyl halides is 3. The van der Waals surface area contributed by atoms with Crippen LogP contribution in [-0.2, 0) is 9.53 Å². The highest BCUT2D eigenvalue weighted by atomic mass is 35.5. The average molecular weight is 540 g/mol. The average Bonchev–Trinajstić information content (AvgIpc) is 3.28. The maximum absolute atomic E-state index is 12.9. The van der Waals surface area contributed by atoms with Gasteiger partial charge in [0.05, 0.1) is 18.2 Å². The molecule has 37 heavy (non-hydrogen) atoms. The molecule has 0 unspecified atom stereocenters. The monoisotopic (exact) mass is 539 g/mol. The summed E-state index contributed by atoms with van der Waals surface area (Å²) in [6, 6.07) is 2.13. The molecule has 2 N–H and O–H groups in total. The van der Waals surface area contributed by atoms with Gasteiger partial charge in [0.2, 0.25) is 5.91 Å². The fourth-order valence-electron chi connectivity index (χ4n) is 3.88. The Kier molecular flexibility index (Phi) is 7.71. The minimum absolute atomic E-state index is 0.102. The van der Waals surface area contributed by atoms with E-state index < -0.39 is 30.8 Å². The number of H-pyrrole nitrogens is 1. The molecule has 14 heteroatoms. The molecule has 0 aromatic carbocycles. The second kappa shape index (κ2) is 10.8. The van der Waals surface area contributed by atoms with E-state index >= 15 is 0 Å². The molecule has 3 aromatic rings. The van der Waals surface area contributed by atoms with E-state index in [4.69, 9.17) is 16.3 Å². The van der Waals surface area contributed by atoms with Crippen molar-refractivity contribution in [3.63, 3.8) is 0 Å². The van der Waals surface area contributed by atoms with Gasteiger partial charge >= 0.3 is 12.3 Å². The number of hydrogen-bond acceptors (Lipinski definition) is 7. The molecule has 1 atom stereocenters. The highest BCUT2D eigenvalue weighted by molar-refractivity contribution is 6.31. The predicted octanol–water partition coefficient (Wildman–Crippen LogP) is 3.64. The first-order valence-electron chi connectivity index (χ1n) is 11.5. The second-order valence-electron chi connectivity index (χ2n) is 8.95. The Morgan fingerprint density at radius 2 is 2.08 bits per heavy atom. The highest BCUT2D eigenvalue weighted by Gasteiger charge is 2.38. The zero-order valence-corrected chi connectivity index (χ0v) is 20.8. The number of carbonyl (C=O) groups is 2. The number of ether oxygens (including phenoxy) is 1. The number of carbonyl (C=O) groups excluding carboxylic acids is 2. The molecule has 4 heterocycles. The summed E-state index contributed by atoms with van der Waals surface area (Å²) in [6.45, 7) is 2.60. The zero-order valence-electron chi connectivity index (χ0n) is 20.0. The minimum atomic E-state index is -4.59. The highest BCUT2D eigenvalue weighted by Crippen LogP contribution is 2.29. The first-order chi connectivity index (χ1) is 17.5. The summed E-state index contributed by atoms with van der Waals surface area (Å²) in [4.78, 5) is 44.4. The van der Waals surface area contributed by atoms with Gasteiger partial charge in [0.15, 0.2) is 5.82 Å². The summed E-state index contributed by atoms with van der Waals surface area (Å²) in [5.41, 5.74) is 1.19. The molecule has 0 radical (unpaired) electrons. The van der Waals surface area contributed by atoms with Crippen LogP contribution in [0, 0.1) is 5.92 Å². The molecule has 1 aliphatic heterocycles.